The number of aryl methyl sites for hydroxylation is 2. The molecule has 1 saturated heterocycles. The zero-order valence-electron chi connectivity index (χ0n) is 16.1. The second kappa shape index (κ2) is 7.57. The van der Waals surface area contributed by atoms with Gasteiger partial charge in [0.05, 0.1) is 10.6 Å². The number of rotatable bonds is 4. The van der Waals surface area contributed by atoms with Crippen LogP contribution in [0.25, 0.3) is 0 Å². The molecule has 1 fully saturated rings. The number of aromatic nitrogens is 1. The van der Waals surface area contributed by atoms with Gasteiger partial charge in [-0.05, 0) is 57.1 Å². The smallest absolute Gasteiger partial charge is 0.244 e. The van der Waals surface area contributed by atoms with E-state index in [1.165, 1.54) is 20.5 Å². The molecule has 2 aromatic rings. The van der Waals surface area contributed by atoms with Crippen LogP contribution >= 0.6 is 11.3 Å². The molecule has 0 saturated carbocycles. The molecular weight excluding hydrogens is 394 g/mol. The van der Waals surface area contributed by atoms with Crippen molar-refractivity contribution >= 4 is 32.4 Å². The molecular formula is C20H25N3O3S2. The SMILES string of the molecule is Cc1ccc(S(=O)(=O)N2CCC[C@H]2C(=O)Nc2nc3c(s2)C[C@H](C)CC3)cc1. The first-order chi connectivity index (χ1) is 13.3. The minimum atomic E-state index is -3.70. The highest BCUT2D eigenvalue weighted by Crippen LogP contribution is 2.33. The van der Waals surface area contributed by atoms with Crippen LogP contribution in [0.5, 0.6) is 0 Å². The summed E-state index contributed by atoms with van der Waals surface area (Å²) in [5.41, 5.74) is 2.07. The summed E-state index contributed by atoms with van der Waals surface area (Å²) in [6.07, 6.45) is 4.27. The van der Waals surface area contributed by atoms with E-state index in [0.29, 0.717) is 30.4 Å². The monoisotopic (exact) mass is 419 g/mol. The van der Waals surface area contributed by atoms with Gasteiger partial charge in [-0.3, -0.25) is 4.79 Å². The lowest BCUT2D eigenvalue weighted by molar-refractivity contribution is -0.119. The molecule has 150 valence electrons. The molecule has 1 aromatic heterocycles. The van der Waals surface area contributed by atoms with Crippen molar-refractivity contribution in [3.8, 4) is 0 Å². The number of nitrogens with zero attached hydrogens (tertiary/aromatic N) is 2. The summed E-state index contributed by atoms with van der Waals surface area (Å²) in [6.45, 7) is 4.50. The van der Waals surface area contributed by atoms with E-state index in [9.17, 15) is 13.2 Å². The van der Waals surface area contributed by atoms with E-state index >= 15 is 0 Å². The largest absolute Gasteiger partial charge is 0.301 e. The number of carbonyl (C=O) groups is 1. The van der Waals surface area contributed by atoms with Gasteiger partial charge in [0.15, 0.2) is 5.13 Å². The van der Waals surface area contributed by atoms with E-state index < -0.39 is 16.1 Å². The van der Waals surface area contributed by atoms with Gasteiger partial charge in [0.1, 0.15) is 6.04 Å². The van der Waals surface area contributed by atoms with Crippen molar-refractivity contribution in [2.24, 2.45) is 5.92 Å². The topological polar surface area (TPSA) is 79.4 Å². The van der Waals surface area contributed by atoms with Gasteiger partial charge < -0.3 is 5.32 Å². The molecule has 2 aliphatic rings. The van der Waals surface area contributed by atoms with Crippen LogP contribution in [0.2, 0.25) is 0 Å². The molecule has 1 amide bonds. The highest BCUT2D eigenvalue weighted by Gasteiger charge is 2.39. The summed E-state index contributed by atoms with van der Waals surface area (Å²) in [4.78, 5) is 18.9. The standard InChI is InChI=1S/C20H25N3O3S2/c1-13-5-8-15(9-6-13)28(25,26)23-11-3-4-17(23)19(24)22-20-21-16-10-7-14(2)12-18(16)27-20/h5-6,8-9,14,17H,3-4,7,10-12H2,1-2H3,(H,21,22,24)/t14-,17+/m1/s1. The molecule has 0 radical (unpaired) electrons. The Bertz CT molecular complexity index is 983. The second-order valence-electron chi connectivity index (χ2n) is 7.81. The molecule has 6 nitrogen and oxygen atoms in total. The molecule has 1 aliphatic heterocycles. The number of fused-ring (bicyclic) bond motifs is 1. The molecule has 2 atom stereocenters. The first kappa shape index (κ1) is 19.5. The maximum atomic E-state index is 13.0. The molecule has 1 N–H and O–H groups in total. The number of hydrogen-bond donors (Lipinski definition) is 1. The Balaban J connectivity index is 1.52. The normalized spacial score (nSPS) is 22.8. The number of hydrogen-bond acceptors (Lipinski definition) is 5. The van der Waals surface area contributed by atoms with Crippen molar-refractivity contribution in [3.05, 3.63) is 40.4 Å². The Hall–Kier alpha value is -1.77. The van der Waals surface area contributed by atoms with E-state index in [1.807, 2.05) is 6.92 Å². The van der Waals surface area contributed by atoms with Crippen molar-refractivity contribution in [1.29, 1.82) is 0 Å². The molecule has 1 aliphatic carbocycles. The van der Waals surface area contributed by atoms with Crippen LogP contribution in [0.1, 0.15) is 42.3 Å². The van der Waals surface area contributed by atoms with Crippen molar-refractivity contribution in [2.75, 3.05) is 11.9 Å². The lowest BCUT2D eigenvalue weighted by Gasteiger charge is -2.23. The minimum Gasteiger partial charge on any atom is -0.301 e. The average Bonchev–Trinajstić information content (AvgIpc) is 3.28. The Kier molecular flexibility index (Phi) is 5.28. The number of benzene rings is 1. The van der Waals surface area contributed by atoms with Crippen LogP contribution in [0.4, 0.5) is 5.13 Å². The van der Waals surface area contributed by atoms with Gasteiger partial charge in [-0.2, -0.15) is 4.31 Å². The van der Waals surface area contributed by atoms with Crippen LogP contribution < -0.4 is 5.32 Å². The van der Waals surface area contributed by atoms with Gasteiger partial charge in [-0.15, -0.1) is 11.3 Å². The summed E-state index contributed by atoms with van der Waals surface area (Å²) < 4.78 is 27.4. The van der Waals surface area contributed by atoms with Gasteiger partial charge in [-0.25, -0.2) is 13.4 Å². The lowest BCUT2D eigenvalue weighted by Crippen LogP contribution is -2.43. The Morgan fingerprint density at radius 3 is 2.75 bits per heavy atom. The maximum Gasteiger partial charge on any atom is 0.244 e. The summed E-state index contributed by atoms with van der Waals surface area (Å²) in [5, 5.41) is 3.47. The number of amides is 1. The molecule has 0 unspecified atom stereocenters. The third-order valence-electron chi connectivity index (χ3n) is 5.55. The summed E-state index contributed by atoms with van der Waals surface area (Å²) in [7, 11) is -3.70. The third-order valence-corrected chi connectivity index (χ3v) is 8.51. The zero-order valence-corrected chi connectivity index (χ0v) is 17.8. The fourth-order valence-electron chi connectivity index (χ4n) is 3.92. The Morgan fingerprint density at radius 2 is 2.00 bits per heavy atom. The highest BCUT2D eigenvalue weighted by atomic mass is 32.2. The summed E-state index contributed by atoms with van der Waals surface area (Å²) in [6, 6.07) is 6.08. The number of carbonyl (C=O) groups excluding carboxylic acids is 1. The quantitative estimate of drug-likeness (QED) is 0.824. The van der Waals surface area contributed by atoms with Gasteiger partial charge in [-0.1, -0.05) is 24.6 Å². The van der Waals surface area contributed by atoms with Gasteiger partial charge in [0.25, 0.3) is 0 Å². The third kappa shape index (κ3) is 3.73. The Labute approximate surface area is 170 Å². The van der Waals surface area contributed by atoms with Crippen LogP contribution in [0.3, 0.4) is 0 Å². The van der Waals surface area contributed by atoms with Crippen LogP contribution in [-0.2, 0) is 27.7 Å². The average molecular weight is 420 g/mol. The Morgan fingerprint density at radius 1 is 1.25 bits per heavy atom. The predicted octanol–water partition coefficient (Wildman–Crippen LogP) is 3.37. The van der Waals surface area contributed by atoms with Crippen molar-refractivity contribution in [3.63, 3.8) is 0 Å². The van der Waals surface area contributed by atoms with Crippen LogP contribution in [0, 0.1) is 12.8 Å². The molecule has 0 bridgehead atoms. The molecule has 4 rings (SSSR count). The number of nitrogens with one attached hydrogen (secondary N) is 1. The van der Waals surface area contributed by atoms with E-state index in [2.05, 4.69) is 17.2 Å². The number of thiazole rings is 1. The van der Waals surface area contributed by atoms with Gasteiger partial charge in [0, 0.05) is 11.4 Å². The van der Waals surface area contributed by atoms with E-state index in [0.717, 1.165) is 30.5 Å². The molecule has 0 spiro atoms. The van der Waals surface area contributed by atoms with Gasteiger partial charge in [0.2, 0.25) is 15.9 Å². The predicted molar refractivity (Wildman–Crippen MR) is 110 cm³/mol. The minimum absolute atomic E-state index is 0.233. The first-order valence-electron chi connectivity index (χ1n) is 9.72. The number of sulfonamides is 1. The second-order valence-corrected chi connectivity index (χ2v) is 10.8. The van der Waals surface area contributed by atoms with E-state index in [-0.39, 0.29) is 10.8 Å². The van der Waals surface area contributed by atoms with Gasteiger partial charge >= 0.3 is 0 Å². The first-order valence-corrected chi connectivity index (χ1v) is 12.0. The fraction of sp³-hybridized carbons (Fsp3) is 0.500. The van der Waals surface area contributed by atoms with Crippen LogP contribution in [-0.4, -0.2) is 36.2 Å². The van der Waals surface area contributed by atoms with Crippen molar-refractivity contribution < 1.29 is 13.2 Å². The fourth-order valence-corrected chi connectivity index (χ4v) is 6.75. The number of anilines is 1. The lowest BCUT2D eigenvalue weighted by atomic mass is 9.93. The maximum absolute atomic E-state index is 13.0. The van der Waals surface area contributed by atoms with E-state index in [1.54, 1.807) is 24.3 Å². The van der Waals surface area contributed by atoms with E-state index in [4.69, 9.17) is 0 Å². The van der Waals surface area contributed by atoms with Crippen molar-refractivity contribution in [2.45, 2.75) is 56.9 Å². The molecule has 8 heteroatoms. The zero-order chi connectivity index (χ0) is 19.9. The summed E-state index contributed by atoms with van der Waals surface area (Å²) in [5.74, 6) is 0.355. The van der Waals surface area contributed by atoms with Crippen LogP contribution in [0.15, 0.2) is 29.2 Å². The molecule has 1 aromatic carbocycles. The molecule has 2 heterocycles. The summed E-state index contributed by atoms with van der Waals surface area (Å²) >= 11 is 1.52. The highest BCUT2D eigenvalue weighted by molar-refractivity contribution is 7.89. The van der Waals surface area contributed by atoms with Crippen molar-refractivity contribution in [1.82, 2.24) is 9.29 Å². The molecule has 28 heavy (non-hydrogen) atoms.